The summed E-state index contributed by atoms with van der Waals surface area (Å²) >= 11 is 0. The third-order valence-corrected chi connectivity index (χ3v) is 6.48. The Balaban J connectivity index is 1.41. The maximum atomic E-state index is 12.6. The number of piperidine rings is 1. The molecule has 2 aliphatic carbocycles. The van der Waals surface area contributed by atoms with Gasteiger partial charge in [-0.15, -0.1) is 0 Å². The van der Waals surface area contributed by atoms with Crippen LogP contribution in [0.1, 0.15) is 54.6 Å². The third-order valence-electron chi connectivity index (χ3n) is 6.48. The molecule has 134 valence electrons. The molecule has 2 aliphatic heterocycles. The normalized spacial score (nSPS) is 25.4. The number of carbonyl (C=O) groups excluding carboxylic acids is 2. The second-order valence-corrected chi connectivity index (χ2v) is 8.60. The number of fused-ring (bicyclic) bond motifs is 2. The van der Waals surface area contributed by atoms with Gasteiger partial charge in [0.15, 0.2) is 0 Å². The van der Waals surface area contributed by atoms with Crippen LogP contribution in [-0.2, 0) is 16.8 Å². The minimum atomic E-state index is -0.0763. The lowest BCUT2D eigenvalue weighted by molar-refractivity contribution is -0.134. The average molecular weight is 342 g/mol. The lowest BCUT2D eigenvalue weighted by Gasteiger charge is -2.45. The number of likely N-dealkylation sites (N-methyl/N-ethyl adjacent to an activating group) is 1. The first-order chi connectivity index (χ1) is 12.1. The molecule has 25 heavy (non-hydrogen) atoms. The molecule has 1 spiro atoms. The van der Waals surface area contributed by atoms with Crippen molar-refractivity contribution in [2.75, 3.05) is 26.7 Å². The number of amides is 2. The molecule has 1 aromatic heterocycles. The lowest BCUT2D eigenvalue weighted by Crippen LogP contribution is -2.54. The van der Waals surface area contributed by atoms with E-state index in [0.717, 1.165) is 69.0 Å². The molecule has 1 aromatic rings. The summed E-state index contributed by atoms with van der Waals surface area (Å²) in [5, 5.41) is 4.88. The van der Waals surface area contributed by atoms with Crippen LogP contribution in [0, 0.1) is 11.8 Å². The number of carbonyl (C=O) groups is 2. The maximum Gasteiger partial charge on any atom is 0.257 e. The van der Waals surface area contributed by atoms with Crippen LogP contribution < -0.4 is 0 Å². The zero-order valence-corrected chi connectivity index (χ0v) is 14.9. The van der Waals surface area contributed by atoms with E-state index >= 15 is 0 Å². The Bertz CT molecular complexity index is 724. The van der Waals surface area contributed by atoms with E-state index in [1.165, 1.54) is 12.8 Å². The van der Waals surface area contributed by atoms with Gasteiger partial charge in [-0.2, -0.15) is 5.10 Å². The summed E-state index contributed by atoms with van der Waals surface area (Å²) in [6, 6.07) is 0. The fraction of sp³-hybridized carbons (Fsp3) is 0.737. The third kappa shape index (κ3) is 2.57. The van der Waals surface area contributed by atoms with Crippen molar-refractivity contribution in [1.29, 1.82) is 0 Å². The number of hydrogen-bond donors (Lipinski definition) is 0. The Hall–Kier alpha value is -1.85. The van der Waals surface area contributed by atoms with Gasteiger partial charge in [0.05, 0.1) is 11.3 Å². The van der Waals surface area contributed by atoms with Crippen LogP contribution in [0.15, 0.2) is 6.20 Å². The molecular weight excluding hydrogens is 316 g/mol. The molecule has 0 atom stereocenters. The Morgan fingerprint density at radius 2 is 1.96 bits per heavy atom. The first-order valence-corrected chi connectivity index (χ1v) is 9.68. The van der Waals surface area contributed by atoms with Crippen molar-refractivity contribution in [3.05, 3.63) is 17.5 Å². The predicted molar refractivity (Wildman–Crippen MR) is 92.1 cm³/mol. The molecule has 0 bridgehead atoms. The molecule has 4 aliphatic rings. The van der Waals surface area contributed by atoms with Gasteiger partial charge >= 0.3 is 0 Å². The lowest BCUT2D eigenvalue weighted by atomic mass is 9.72. The predicted octanol–water partition coefficient (Wildman–Crippen LogP) is 1.65. The van der Waals surface area contributed by atoms with Gasteiger partial charge < -0.3 is 9.80 Å². The first-order valence-electron chi connectivity index (χ1n) is 9.68. The van der Waals surface area contributed by atoms with E-state index in [1.807, 2.05) is 27.7 Å². The summed E-state index contributed by atoms with van der Waals surface area (Å²) in [5.74, 6) is 1.47. The van der Waals surface area contributed by atoms with Crippen LogP contribution in [0.5, 0.6) is 0 Å². The smallest absolute Gasteiger partial charge is 0.257 e. The molecule has 0 aromatic carbocycles. The molecule has 2 saturated carbocycles. The van der Waals surface area contributed by atoms with Gasteiger partial charge in [0.1, 0.15) is 0 Å². The second kappa shape index (κ2) is 5.32. The Morgan fingerprint density at radius 3 is 2.60 bits per heavy atom. The molecule has 2 amide bonds. The number of aromatic nitrogens is 2. The quantitative estimate of drug-likeness (QED) is 0.839. The Labute approximate surface area is 148 Å². The van der Waals surface area contributed by atoms with E-state index in [2.05, 4.69) is 0 Å². The second-order valence-electron chi connectivity index (χ2n) is 8.60. The van der Waals surface area contributed by atoms with Crippen LogP contribution in [0.2, 0.25) is 0 Å². The molecular formula is C19H26N4O2. The molecule has 6 heteroatoms. The minimum Gasteiger partial charge on any atom is -0.342 e. The molecule has 0 radical (unpaired) electrons. The summed E-state index contributed by atoms with van der Waals surface area (Å²) in [4.78, 5) is 28.9. The highest BCUT2D eigenvalue weighted by Gasteiger charge is 2.48. The van der Waals surface area contributed by atoms with Gasteiger partial charge in [-0.05, 0) is 44.4 Å². The summed E-state index contributed by atoms with van der Waals surface area (Å²) in [6.45, 7) is 3.26. The van der Waals surface area contributed by atoms with E-state index in [9.17, 15) is 9.59 Å². The minimum absolute atomic E-state index is 0.0763. The average Bonchev–Trinajstić information content (AvgIpc) is 3.52. The summed E-state index contributed by atoms with van der Waals surface area (Å²) in [5.41, 5.74) is 1.71. The van der Waals surface area contributed by atoms with Crippen LogP contribution >= 0.6 is 0 Å². The van der Waals surface area contributed by atoms with Gasteiger partial charge in [0.25, 0.3) is 5.91 Å². The first kappa shape index (κ1) is 15.4. The van der Waals surface area contributed by atoms with Crippen molar-refractivity contribution in [2.45, 2.75) is 50.5 Å². The zero-order valence-electron chi connectivity index (χ0n) is 14.9. The van der Waals surface area contributed by atoms with Gasteiger partial charge in [0.2, 0.25) is 5.91 Å². The largest absolute Gasteiger partial charge is 0.342 e. The van der Waals surface area contributed by atoms with Crippen LogP contribution in [0.25, 0.3) is 0 Å². The van der Waals surface area contributed by atoms with Crippen LogP contribution in [-0.4, -0.2) is 58.1 Å². The van der Waals surface area contributed by atoms with Crippen molar-refractivity contribution >= 4 is 11.8 Å². The van der Waals surface area contributed by atoms with Crippen molar-refractivity contribution in [1.82, 2.24) is 19.6 Å². The standard InChI is InChI=1S/C19H26N4O2/c1-21-12-19(6-8-22(9-7-19)17(24)14-4-5-14)16-15(18(21)25)11-23(20-16)10-13-2-3-13/h11,13-14H,2-10,12H2,1H3. The van der Waals surface area contributed by atoms with E-state index < -0.39 is 0 Å². The number of nitrogens with zero attached hydrogens (tertiary/aromatic N) is 4. The highest BCUT2D eigenvalue weighted by Crippen LogP contribution is 2.42. The maximum absolute atomic E-state index is 12.6. The molecule has 1 saturated heterocycles. The SMILES string of the molecule is CN1CC2(CCN(C(=O)C3CC3)CC2)c2nn(CC3CC3)cc2C1=O. The summed E-state index contributed by atoms with van der Waals surface area (Å²) in [7, 11) is 1.90. The molecule has 3 heterocycles. The monoisotopic (exact) mass is 342 g/mol. The number of likely N-dealkylation sites (tertiary alicyclic amines) is 1. The molecule has 6 nitrogen and oxygen atoms in total. The van der Waals surface area contributed by atoms with Gasteiger partial charge in [-0.3, -0.25) is 14.3 Å². The fourth-order valence-corrected chi connectivity index (χ4v) is 4.57. The zero-order chi connectivity index (χ0) is 17.2. The van der Waals surface area contributed by atoms with Crippen LogP contribution in [0.3, 0.4) is 0 Å². The summed E-state index contributed by atoms with van der Waals surface area (Å²) in [6.07, 6.45) is 8.48. The van der Waals surface area contributed by atoms with Crippen molar-refractivity contribution < 1.29 is 9.59 Å². The fourth-order valence-electron chi connectivity index (χ4n) is 4.57. The molecule has 5 rings (SSSR count). The van der Waals surface area contributed by atoms with Crippen molar-refractivity contribution in [3.63, 3.8) is 0 Å². The van der Waals surface area contributed by atoms with Crippen molar-refractivity contribution in [2.24, 2.45) is 11.8 Å². The van der Waals surface area contributed by atoms with Gasteiger partial charge in [0, 0.05) is 50.8 Å². The highest BCUT2D eigenvalue weighted by molar-refractivity contribution is 5.96. The van der Waals surface area contributed by atoms with E-state index in [0.29, 0.717) is 5.91 Å². The molecule has 0 N–H and O–H groups in total. The van der Waals surface area contributed by atoms with E-state index in [-0.39, 0.29) is 17.2 Å². The Morgan fingerprint density at radius 1 is 1.24 bits per heavy atom. The highest BCUT2D eigenvalue weighted by atomic mass is 16.2. The summed E-state index contributed by atoms with van der Waals surface area (Å²) < 4.78 is 2.00. The topological polar surface area (TPSA) is 58.4 Å². The Kier molecular flexibility index (Phi) is 3.28. The molecule has 3 fully saturated rings. The number of rotatable bonds is 3. The van der Waals surface area contributed by atoms with E-state index in [1.54, 1.807) is 0 Å². The molecule has 0 unspecified atom stereocenters. The van der Waals surface area contributed by atoms with Gasteiger partial charge in [-0.1, -0.05) is 0 Å². The van der Waals surface area contributed by atoms with E-state index in [4.69, 9.17) is 5.10 Å². The number of hydrogen-bond acceptors (Lipinski definition) is 3. The van der Waals surface area contributed by atoms with Crippen molar-refractivity contribution in [3.8, 4) is 0 Å². The van der Waals surface area contributed by atoms with Gasteiger partial charge in [-0.25, -0.2) is 0 Å². The van der Waals surface area contributed by atoms with Crippen LogP contribution in [0.4, 0.5) is 0 Å².